The summed E-state index contributed by atoms with van der Waals surface area (Å²) in [5.41, 5.74) is 3.27. The first-order valence-electron chi connectivity index (χ1n) is 8.31. The van der Waals surface area contributed by atoms with Crippen LogP contribution in [0.3, 0.4) is 0 Å². The molecule has 1 atom stereocenters. The van der Waals surface area contributed by atoms with Crippen molar-refractivity contribution in [3.8, 4) is 5.75 Å². The van der Waals surface area contributed by atoms with Crippen LogP contribution in [0.4, 0.5) is 5.82 Å². The van der Waals surface area contributed by atoms with E-state index in [0.717, 1.165) is 18.6 Å². The fourth-order valence-corrected chi connectivity index (χ4v) is 4.05. The number of methoxy groups -OCH3 is 1. The number of nitrogens with zero attached hydrogens (tertiary/aromatic N) is 2. The molecule has 1 aliphatic carbocycles. The summed E-state index contributed by atoms with van der Waals surface area (Å²) >= 11 is 0. The number of aromatic nitrogens is 2. The van der Waals surface area contributed by atoms with Crippen LogP contribution < -0.4 is 10.1 Å². The van der Waals surface area contributed by atoms with E-state index in [1.54, 1.807) is 25.3 Å². The van der Waals surface area contributed by atoms with Crippen LogP contribution in [0.15, 0.2) is 47.6 Å². The first-order chi connectivity index (χ1) is 12.4. The summed E-state index contributed by atoms with van der Waals surface area (Å²) in [4.78, 5) is 8.85. The normalized spacial score (nSPS) is 16.5. The number of benzene rings is 2. The van der Waals surface area contributed by atoms with Crippen LogP contribution in [-0.2, 0) is 22.7 Å². The zero-order valence-corrected chi connectivity index (χ0v) is 15.4. The molecule has 0 spiro atoms. The quantitative estimate of drug-likeness (QED) is 0.761. The molecule has 1 heterocycles. The van der Waals surface area contributed by atoms with E-state index >= 15 is 0 Å². The Bertz CT molecular complexity index is 1100. The molecule has 0 bridgehead atoms. The summed E-state index contributed by atoms with van der Waals surface area (Å²) in [5, 5.41) is 4.17. The topological polar surface area (TPSA) is 81.2 Å². The lowest BCUT2D eigenvalue weighted by atomic mass is 10.1. The Labute approximate surface area is 152 Å². The molecule has 0 aliphatic heterocycles. The molecule has 1 N–H and O–H groups in total. The number of fused-ring (bicyclic) bond motifs is 2. The predicted molar refractivity (Wildman–Crippen MR) is 100 cm³/mol. The van der Waals surface area contributed by atoms with Crippen LogP contribution in [0.5, 0.6) is 5.75 Å². The lowest BCUT2D eigenvalue weighted by Crippen LogP contribution is -2.20. The number of rotatable bonds is 4. The van der Waals surface area contributed by atoms with Crippen molar-refractivity contribution in [3.63, 3.8) is 0 Å². The van der Waals surface area contributed by atoms with E-state index < -0.39 is 9.84 Å². The second kappa shape index (κ2) is 6.25. The van der Waals surface area contributed by atoms with Crippen LogP contribution in [0.1, 0.15) is 11.1 Å². The highest BCUT2D eigenvalue weighted by Crippen LogP contribution is 2.30. The zero-order valence-electron chi connectivity index (χ0n) is 14.6. The van der Waals surface area contributed by atoms with Crippen LogP contribution in [0, 0.1) is 0 Å². The maximum Gasteiger partial charge on any atom is 0.175 e. The molecule has 0 saturated heterocycles. The van der Waals surface area contributed by atoms with E-state index in [0.29, 0.717) is 16.7 Å². The molecule has 1 unspecified atom stereocenters. The molecule has 7 heteroatoms. The van der Waals surface area contributed by atoms with Crippen molar-refractivity contribution in [2.75, 3.05) is 18.7 Å². The van der Waals surface area contributed by atoms with Crippen LogP contribution >= 0.6 is 0 Å². The highest BCUT2D eigenvalue weighted by Gasteiger charge is 2.23. The number of nitrogens with one attached hydrogen (secondary N) is 1. The average Bonchev–Trinajstić information content (AvgIpc) is 3.02. The van der Waals surface area contributed by atoms with Crippen molar-refractivity contribution in [1.29, 1.82) is 0 Å². The highest BCUT2D eigenvalue weighted by atomic mass is 32.2. The minimum atomic E-state index is -3.29. The van der Waals surface area contributed by atoms with Gasteiger partial charge in [0.2, 0.25) is 0 Å². The third kappa shape index (κ3) is 3.10. The van der Waals surface area contributed by atoms with Gasteiger partial charge in [-0.25, -0.2) is 18.4 Å². The maximum atomic E-state index is 11.9. The van der Waals surface area contributed by atoms with Gasteiger partial charge in [-0.15, -0.1) is 0 Å². The Morgan fingerprint density at radius 2 is 1.88 bits per heavy atom. The molecule has 0 radical (unpaired) electrons. The van der Waals surface area contributed by atoms with E-state index in [1.807, 2.05) is 6.07 Å². The van der Waals surface area contributed by atoms with Gasteiger partial charge in [0.25, 0.3) is 0 Å². The lowest BCUT2D eigenvalue weighted by Gasteiger charge is -2.14. The van der Waals surface area contributed by atoms with Gasteiger partial charge in [0, 0.05) is 17.7 Å². The van der Waals surface area contributed by atoms with Gasteiger partial charge in [-0.1, -0.05) is 6.07 Å². The monoisotopic (exact) mass is 369 g/mol. The fraction of sp³-hybridized carbons (Fsp3) is 0.263. The first-order valence-corrected chi connectivity index (χ1v) is 10.2. The fourth-order valence-electron chi connectivity index (χ4n) is 3.40. The maximum absolute atomic E-state index is 11.9. The Morgan fingerprint density at radius 1 is 1.08 bits per heavy atom. The SMILES string of the molecule is COc1ccc2c(c1)CC(Nc1ncnc3ccc(S(C)(=O)=O)cc13)C2. The number of sulfone groups is 1. The van der Waals surface area contributed by atoms with Crippen molar-refractivity contribution in [2.24, 2.45) is 0 Å². The Hall–Kier alpha value is -2.67. The first kappa shape index (κ1) is 16.8. The van der Waals surface area contributed by atoms with E-state index in [2.05, 4.69) is 27.4 Å². The molecule has 6 nitrogen and oxygen atoms in total. The molecule has 4 rings (SSSR count). The Kier molecular flexibility index (Phi) is 4.03. The summed E-state index contributed by atoms with van der Waals surface area (Å²) in [6.45, 7) is 0. The van der Waals surface area contributed by atoms with Gasteiger partial charge in [0.1, 0.15) is 17.9 Å². The molecule has 26 heavy (non-hydrogen) atoms. The second-order valence-electron chi connectivity index (χ2n) is 6.56. The Balaban J connectivity index is 1.65. The summed E-state index contributed by atoms with van der Waals surface area (Å²) in [6, 6.07) is 11.3. The van der Waals surface area contributed by atoms with Crippen LogP contribution in [-0.4, -0.2) is 37.8 Å². The van der Waals surface area contributed by atoms with Gasteiger partial charge >= 0.3 is 0 Å². The molecular formula is C19H19N3O3S. The van der Waals surface area contributed by atoms with Crippen molar-refractivity contribution in [1.82, 2.24) is 9.97 Å². The zero-order chi connectivity index (χ0) is 18.3. The minimum absolute atomic E-state index is 0.192. The molecule has 2 aromatic carbocycles. The Morgan fingerprint density at radius 3 is 2.65 bits per heavy atom. The van der Waals surface area contributed by atoms with Crippen molar-refractivity contribution >= 4 is 26.6 Å². The van der Waals surface area contributed by atoms with Crippen molar-refractivity contribution in [2.45, 2.75) is 23.8 Å². The average molecular weight is 369 g/mol. The molecule has 134 valence electrons. The van der Waals surface area contributed by atoms with E-state index in [-0.39, 0.29) is 10.9 Å². The molecule has 3 aromatic rings. The van der Waals surface area contributed by atoms with E-state index in [9.17, 15) is 8.42 Å². The number of ether oxygens (including phenoxy) is 1. The number of hydrogen-bond acceptors (Lipinski definition) is 6. The summed E-state index contributed by atoms with van der Waals surface area (Å²) < 4.78 is 29.0. The molecule has 0 fully saturated rings. The molecule has 1 aliphatic rings. The smallest absolute Gasteiger partial charge is 0.175 e. The highest BCUT2D eigenvalue weighted by molar-refractivity contribution is 7.90. The van der Waals surface area contributed by atoms with Gasteiger partial charge < -0.3 is 10.1 Å². The van der Waals surface area contributed by atoms with E-state index in [1.165, 1.54) is 23.7 Å². The van der Waals surface area contributed by atoms with Gasteiger partial charge in [-0.2, -0.15) is 0 Å². The summed E-state index contributed by atoms with van der Waals surface area (Å²) in [7, 11) is -1.62. The van der Waals surface area contributed by atoms with Gasteiger partial charge in [-0.3, -0.25) is 0 Å². The summed E-state index contributed by atoms with van der Waals surface area (Å²) in [6.07, 6.45) is 4.45. The second-order valence-corrected chi connectivity index (χ2v) is 8.57. The predicted octanol–water partition coefficient (Wildman–Crippen LogP) is 2.62. The largest absolute Gasteiger partial charge is 0.497 e. The summed E-state index contributed by atoms with van der Waals surface area (Å²) in [5.74, 6) is 1.51. The van der Waals surface area contributed by atoms with Crippen molar-refractivity contribution in [3.05, 3.63) is 53.9 Å². The van der Waals surface area contributed by atoms with Crippen LogP contribution in [0.2, 0.25) is 0 Å². The van der Waals surface area contributed by atoms with Crippen molar-refractivity contribution < 1.29 is 13.2 Å². The molecule has 1 aromatic heterocycles. The van der Waals surface area contributed by atoms with Crippen LogP contribution in [0.25, 0.3) is 10.9 Å². The van der Waals surface area contributed by atoms with Gasteiger partial charge in [0.05, 0.1) is 17.5 Å². The third-order valence-corrected chi connectivity index (χ3v) is 5.83. The number of hydrogen-bond donors (Lipinski definition) is 1. The minimum Gasteiger partial charge on any atom is -0.497 e. The number of anilines is 1. The molecular weight excluding hydrogens is 350 g/mol. The van der Waals surface area contributed by atoms with E-state index in [4.69, 9.17) is 4.74 Å². The lowest BCUT2D eigenvalue weighted by molar-refractivity contribution is 0.414. The molecule has 0 amide bonds. The van der Waals surface area contributed by atoms with Gasteiger partial charge in [-0.05, 0) is 54.3 Å². The third-order valence-electron chi connectivity index (χ3n) is 4.72. The standard InChI is InChI=1S/C19H19N3O3S/c1-25-15-4-3-12-7-14(8-13(12)9-15)22-19-17-10-16(26(2,23)24)5-6-18(17)20-11-21-19/h3-6,9-11,14H,7-8H2,1-2H3,(H,20,21,22). The molecule has 0 saturated carbocycles. The van der Waals surface area contributed by atoms with Gasteiger partial charge in [0.15, 0.2) is 9.84 Å².